The summed E-state index contributed by atoms with van der Waals surface area (Å²) >= 11 is 0. The van der Waals surface area contributed by atoms with Crippen LogP contribution in [0.5, 0.6) is 0 Å². The van der Waals surface area contributed by atoms with E-state index in [1.807, 2.05) is 36.4 Å². The zero-order chi connectivity index (χ0) is 34.6. The molecule has 0 amide bonds. The Morgan fingerprint density at radius 3 is 1.71 bits per heavy atom. The smallest absolute Gasteiger partial charge is 0.238 e. The third-order valence-electron chi connectivity index (χ3n) is 10.6. The third kappa shape index (κ3) is 4.89. The third-order valence-corrected chi connectivity index (χ3v) is 10.6. The molecule has 0 N–H and O–H groups in total. The van der Waals surface area contributed by atoms with Crippen LogP contribution in [0.3, 0.4) is 0 Å². The molecule has 52 heavy (non-hydrogen) atoms. The molecular weight excluding hydrogens is 635 g/mol. The molecule has 5 heteroatoms. The van der Waals surface area contributed by atoms with E-state index in [9.17, 15) is 0 Å². The second-order valence-electron chi connectivity index (χ2n) is 13.6. The van der Waals surface area contributed by atoms with Crippen LogP contribution >= 0.6 is 0 Å². The minimum absolute atomic E-state index is 0.227. The van der Waals surface area contributed by atoms with Crippen LogP contribution in [0, 0.1) is 5.92 Å². The van der Waals surface area contributed by atoms with Crippen molar-refractivity contribution in [2.45, 2.75) is 19.3 Å². The lowest BCUT2D eigenvalue weighted by Crippen LogP contribution is -2.34. The first-order valence-electron chi connectivity index (χ1n) is 18.0. The number of rotatable bonds is 6. The van der Waals surface area contributed by atoms with Crippen molar-refractivity contribution >= 4 is 44.9 Å². The van der Waals surface area contributed by atoms with Crippen molar-refractivity contribution in [1.29, 1.82) is 0 Å². The largest absolute Gasteiger partial charge is 0.310 e. The monoisotopic (exact) mass is 669 g/mol. The minimum Gasteiger partial charge on any atom is -0.310 e. The summed E-state index contributed by atoms with van der Waals surface area (Å²) in [5.41, 5.74) is 7.79. The Morgan fingerprint density at radius 2 is 1.06 bits per heavy atom. The number of fused-ring (bicyclic) bond motifs is 6. The molecule has 1 aliphatic rings. The normalized spacial score (nSPS) is 15.4. The molecule has 9 aromatic rings. The maximum absolute atomic E-state index is 5.12. The molecule has 0 saturated heterocycles. The first-order valence-corrected chi connectivity index (χ1v) is 18.0. The van der Waals surface area contributed by atoms with Gasteiger partial charge in [0.2, 0.25) is 5.95 Å². The van der Waals surface area contributed by atoms with Crippen LogP contribution in [0.15, 0.2) is 158 Å². The number of hydrogen-bond acceptors (Lipinski definition) is 3. The summed E-state index contributed by atoms with van der Waals surface area (Å²) in [5, 5.41) is 6.25. The van der Waals surface area contributed by atoms with E-state index in [-0.39, 0.29) is 5.92 Å². The fourth-order valence-corrected chi connectivity index (χ4v) is 8.11. The van der Waals surface area contributed by atoms with E-state index in [1.54, 1.807) is 0 Å². The van der Waals surface area contributed by atoms with Crippen LogP contribution in [-0.4, -0.2) is 24.1 Å². The maximum Gasteiger partial charge on any atom is 0.238 e. The summed E-state index contributed by atoms with van der Waals surface area (Å²) in [7, 11) is 0. The second-order valence-corrected chi connectivity index (χ2v) is 13.6. The predicted octanol–water partition coefficient (Wildman–Crippen LogP) is 9.63. The Hall–Kier alpha value is -6.59. The van der Waals surface area contributed by atoms with E-state index >= 15 is 0 Å². The average Bonchev–Trinajstić information content (AvgIpc) is 3.73. The molecule has 0 saturated carbocycles. The van der Waals surface area contributed by atoms with Crippen LogP contribution < -0.4 is 10.6 Å². The van der Waals surface area contributed by atoms with E-state index in [0.29, 0.717) is 23.5 Å². The molecule has 1 aliphatic carbocycles. The summed E-state index contributed by atoms with van der Waals surface area (Å²) in [5.74, 6) is 2.47. The number of para-hydroxylation sites is 3. The van der Waals surface area contributed by atoms with Gasteiger partial charge in [-0.05, 0) is 54.3 Å². The summed E-state index contributed by atoms with van der Waals surface area (Å²) in [6.07, 6.45) is 6.07. The van der Waals surface area contributed by atoms with Crippen LogP contribution in [0.1, 0.15) is 24.8 Å². The van der Waals surface area contributed by atoms with Crippen molar-refractivity contribution in [3.63, 3.8) is 0 Å². The van der Waals surface area contributed by atoms with Crippen LogP contribution in [-0.2, 0) is 0 Å². The molecule has 0 aliphatic heterocycles. The Bertz CT molecular complexity index is 2830. The molecule has 2 unspecified atom stereocenters. The quantitative estimate of drug-likeness (QED) is 0.177. The molecule has 3 heterocycles. The zero-order valence-electron chi connectivity index (χ0n) is 28.8. The van der Waals surface area contributed by atoms with Crippen LogP contribution in [0.25, 0.3) is 79.3 Å². The SMILES string of the molecule is CCC1C=c2c(c3ccccc3n2-c2ccccc2)=CC1c1ccc2c(c1)c1ccccc1n2-c1nc(-c2ccccc2)nc(-c2ccccc2)n1. The van der Waals surface area contributed by atoms with Crippen molar-refractivity contribution < 1.29 is 0 Å². The highest BCUT2D eigenvalue weighted by atomic mass is 15.2. The standard InChI is InChI=1S/C47H35N5/c1-2-31-29-44-40(37-23-12-14-24-41(37)51(44)35-20-10-5-11-21-35)30-38(31)34-26-27-43-39(28-34)36-22-13-15-25-42(36)52(43)47-49-45(32-16-6-3-7-17-32)48-46(50-47)33-18-8-4-9-19-33/h3-31,38H,2H2,1H3. The summed E-state index contributed by atoms with van der Waals surface area (Å²) in [6.45, 7) is 2.31. The highest BCUT2D eigenvalue weighted by molar-refractivity contribution is 6.09. The molecular formula is C47H35N5. The van der Waals surface area contributed by atoms with Gasteiger partial charge in [-0.25, -0.2) is 4.98 Å². The molecule has 0 bridgehead atoms. The Morgan fingerprint density at radius 1 is 0.500 bits per heavy atom. The molecule has 0 fully saturated rings. The highest BCUT2D eigenvalue weighted by Crippen LogP contribution is 2.38. The first kappa shape index (κ1) is 30.3. The lowest BCUT2D eigenvalue weighted by molar-refractivity contribution is 0.606. The van der Waals surface area contributed by atoms with E-state index in [0.717, 1.165) is 28.6 Å². The van der Waals surface area contributed by atoms with Crippen molar-refractivity contribution in [3.8, 4) is 34.4 Å². The molecule has 248 valence electrons. The molecule has 6 aromatic carbocycles. The van der Waals surface area contributed by atoms with E-state index in [2.05, 4.69) is 150 Å². The average molecular weight is 670 g/mol. The first-order chi connectivity index (χ1) is 25.7. The Kier molecular flexibility index (Phi) is 7.17. The second kappa shape index (κ2) is 12.3. The topological polar surface area (TPSA) is 48.5 Å². The Labute approximate surface area is 301 Å². The molecule has 0 spiro atoms. The molecule has 10 rings (SSSR count). The van der Waals surface area contributed by atoms with Crippen LogP contribution in [0.4, 0.5) is 0 Å². The van der Waals surface area contributed by atoms with Crippen molar-refractivity contribution in [1.82, 2.24) is 24.1 Å². The highest BCUT2D eigenvalue weighted by Gasteiger charge is 2.25. The molecule has 3 aromatic heterocycles. The lowest BCUT2D eigenvalue weighted by Gasteiger charge is -2.24. The molecule has 5 nitrogen and oxygen atoms in total. The summed E-state index contributed by atoms with van der Waals surface area (Å²) < 4.78 is 4.63. The fourth-order valence-electron chi connectivity index (χ4n) is 8.11. The fraction of sp³-hybridized carbons (Fsp3) is 0.0851. The summed E-state index contributed by atoms with van der Waals surface area (Å²) in [6, 6.07) is 55.5. The van der Waals surface area contributed by atoms with E-state index in [1.165, 1.54) is 43.5 Å². The van der Waals surface area contributed by atoms with Gasteiger partial charge >= 0.3 is 0 Å². The summed E-state index contributed by atoms with van der Waals surface area (Å²) in [4.78, 5) is 15.2. The van der Waals surface area contributed by atoms with Crippen molar-refractivity contribution in [3.05, 3.63) is 174 Å². The van der Waals surface area contributed by atoms with Gasteiger partial charge in [0.05, 0.1) is 21.9 Å². The zero-order valence-corrected chi connectivity index (χ0v) is 28.8. The number of aromatic nitrogens is 5. The van der Waals surface area contributed by atoms with Gasteiger partial charge < -0.3 is 4.57 Å². The van der Waals surface area contributed by atoms with E-state index < -0.39 is 0 Å². The lowest BCUT2D eigenvalue weighted by atomic mass is 9.80. The number of nitrogens with zero attached hydrogens (tertiary/aromatic N) is 5. The van der Waals surface area contributed by atoms with Gasteiger partial charge in [0.15, 0.2) is 11.6 Å². The van der Waals surface area contributed by atoms with Gasteiger partial charge in [-0.3, -0.25) is 4.57 Å². The van der Waals surface area contributed by atoms with Gasteiger partial charge in [0.1, 0.15) is 0 Å². The van der Waals surface area contributed by atoms with Crippen LogP contribution in [0.2, 0.25) is 0 Å². The predicted molar refractivity (Wildman–Crippen MR) is 213 cm³/mol. The van der Waals surface area contributed by atoms with Crippen molar-refractivity contribution in [2.24, 2.45) is 5.92 Å². The molecule has 2 atom stereocenters. The number of benzene rings is 6. The Balaban J connectivity index is 1.17. The number of hydrogen-bond donors (Lipinski definition) is 0. The van der Waals surface area contributed by atoms with Crippen molar-refractivity contribution in [2.75, 3.05) is 0 Å². The van der Waals surface area contributed by atoms with Gasteiger partial charge in [0.25, 0.3) is 0 Å². The van der Waals surface area contributed by atoms with Gasteiger partial charge in [-0.1, -0.05) is 140 Å². The maximum atomic E-state index is 5.12. The minimum atomic E-state index is 0.227. The molecule has 0 radical (unpaired) electrons. The van der Waals surface area contributed by atoms with Gasteiger partial charge in [-0.2, -0.15) is 9.97 Å². The van der Waals surface area contributed by atoms with Gasteiger partial charge in [0, 0.05) is 44.1 Å². The van der Waals surface area contributed by atoms with Gasteiger partial charge in [-0.15, -0.1) is 0 Å². The van der Waals surface area contributed by atoms with E-state index in [4.69, 9.17) is 15.0 Å².